The maximum Gasteiger partial charge on any atom is 0.143 e. The number of methoxy groups -OCH3 is 1. The van der Waals surface area contributed by atoms with E-state index >= 15 is 0 Å². The van der Waals surface area contributed by atoms with Crippen LogP contribution in [-0.4, -0.2) is 17.1 Å². The third-order valence-corrected chi connectivity index (χ3v) is 3.53. The van der Waals surface area contributed by atoms with E-state index < -0.39 is 0 Å². The summed E-state index contributed by atoms with van der Waals surface area (Å²) in [4.78, 5) is 9.76. The second-order valence-electron chi connectivity index (χ2n) is 3.89. The Hall–Kier alpha value is -1.79. The van der Waals surface area contributed by atoms with Gasteiger partial charge in [0.05, 0.1) is 12.9 Å². The molecule has 5 nitrogen and oxygen atoms in total. The molecule has 6 heteroatoms. The first-order valence-electron chi connectivity index (χ1n) is 5.80. The van der Waals surface area contributed by atoms with Gasteiger partial charge in [-0.2, -0.15) is 0 Å². The smallest absolute Gasteiger partial charge is 0.143 e. The van der Waals surface area contributed by atoms with E-state index in [1.54, 1.807) is 24.9 Å². The minimum Gasteiger partial charge on any atom is -0.496 e. The number of nitrogens with zero attached hydrogens (tertiary/aromatic N) is 2. The number of hydrogen-bond donors (Lipinski definition) is 2. The molecule has 100 valence electrons. The van der Waals surface area contributed by atoms with E-state index in [4.69, 9.17) is 10.6 Å². The molecule has 0 radical (unpaired) electrons. The first kappa shape index (κ1) is 13.6. The molecule has 0 saturated carbocycles. The largest absolute Gasteiger partial charge is 0.496 e. The topological polar surface area (TPSA) is 73.1 Å². The molecule has 0 aliphatic carbocycles. The third kappa shape index (κ3) is 3.59. The van der Waals surface area contributed by atoms with Gasteiger partial charge in [-0.25, -0.2) is 15.8 Å². The average molecular weight is 276 g/mol. The summed E-state index contributed by atoms with van der Waals surface area (Å²) in [5, 5.41) is 0. The van der Waals surface area contributed by atoms with Crippen LogP contribution in [0.25, 0.3) is 0 Å². The molecule has 0 aliphatic rings. The van der Waals surface area contributed by atoms with Gasteiger partial charge in [-0.15, -0.1) is 11.8 Å². The first-order chi connectivity index (χ1) is 9.22. The molecule has 19 heavy (non-hydrogen) atoms. The second kappa shape index (κ2) is 6.40. The summed E-state index contributed by atoms with van der Waals surface area (Å²) < 4.78 is 5.31. The maximum absolute atomic E-state index is 5.37. The summed E-state index contributed by atoms with van der Waals surface area (Å²) in [5.41, 5.74) is 3.43. The summed E-state index contributed by atoms with van der Waals surface area (Å²) in [6.07, 6.45) is 0. The van der Waals surface area contributed by atoms with Gasteiger partial charge in [0.2, 0.25) is 0 Å². The highest BCUT2D eigenvalue weighted by atomic mass is 32.2. The van der Waals surface area contributed by atoms with Crippen LogP contribution in [0.1, 0.15) is 11.5 Å². The van der Waals surface area contributed by atoms with Crippen LogP contribution < -0.4 is 16.0 Å². The van der Waals surface area contributed by atoms with Gasteiger partial charge in [-0.3, -0.25) is 0 Å². The highest BCUT2D eigenvalue weighted by molar-refractivity contribution is 7.98. The van der Waals surface area contributed by atoms with Crippen molar-refractivity contribution in [2.45, 2.75) is 17.6 Å². The molecule has 0 unspecified atom stereocenters. The van der Waals surface area contributed by atoms with Gasteiger partial charge in [-0.05, 0) is 19.1 Å². The van der Waals surface area contributed by atoms with Crippen LogP contribution in [0.5, 0.6) is 5.75 Å². The number of aromatic nitrogens is 2. The molecule has 0 bridgehead atoms. The molecular weight excluding hydrogens is 260 g/mol. The Balaban J connectivity index is 2.12. The number of nitrogens with one attached hydrogen (secondary N) is 1. The lowest BCUT2D eigenvalue weighted by molar-refractivity contribution is 0.405. The number of anilines is 1. The van der Waals surface area contributed by atoms with Crippen LogP contribution in [0.2, 0.25) is 0 Å². The molecule has 0 amide bonds. The van der Waals surface area contributed by atoms with Gasteiger partial charge in [0.1, 0.15) is 17.4 Å². The van der Waals surface area contributed by atoms with E-state index in [0.29, 0.717) is 11.6 Å². The zero-order valence-corrected chi connectivity index (χ0v) is 11.7. The van der Waals surface area contributed by atoms with Crippen molar-refractivity contribution in [3.63, 3.8) is 0 Å². The van der Waals surface area contributed by atoms with E-state index in [-0.39, 0.29) is 0 Å². The Labute approximate surface area is 116 Å². The van der Waals surface area contributed by atoms with Crippen molar-refractivity contribution in [2.24, 2.45) is 5.84 Å². The molecule has 0 fully saturated rings. The van der Waals surface area contributed by atoms with Crippen molar-refractivity contribution >= 4 is 17.6 Å². The van der Waals surface area contributed by atoms with E-state index in [9.17, 15) is 0 Å². The number of hydrogen-bond acceptors (Lipinski definition) is 6. The van der Waals surface area contributed by atoms with Crippen molar-refractivity contribution < 1.29 is 4.74 Å². The lowest BCUT2D eigenvalue weighted by Gasteiger charge is -2.08. The van der Waals surface area contributed by atoms with E-state index in [1.807, 2.05) is 31.2 Å². The monoisotopic (exact) mass is 276 g/mol. The third-order valence-electron chi connectivity index (χ3n) is 2.47. The molecular formula is C13H16N4OS. The van der Waals surface area contributed by atoms with Crippen LogP contribution in [0, 0.1) is 6.92 Å². The maximum atomic E-state index is 5.37. The Morgan fingerprint density at radius 3 is 2.84 bits per heavy atom. The van der Waals surface area contributed by atoms with Crippen molar-refractivity contribution in [1.29, 1.82) is 0 Å². The molecule has 1 heterocycles. The van der Waals surface area contributed by atoms with Crippen LogP contribution >= 0.6 is 11.8 Å². The molecule has 1 aromatic heterocycles. The zero-order valence-electron chi connectivity index (χ0n) is 10.9. The molecule has 0 saturated heterocycles. The SMILES string of the molecule is COc1ccccc1SCc1nc(C)cc(NN)n1. The van der Waals surface area contributed by atoms with Gasteiger partial charge >= 0.3 is 0 Å². The number of rotatable bonds is 5. The summed E-state index contributed by atoms with van der Waals surface area (Å²) in [6.45, 7) is 1.92. The number of hydrazine groups is 1. The summed E-state index contributed by atoms with van der Waals surface area (Å²) in [7, 11) is 1.67. The number of nitrogens with two attached hydrogens (primary N) is 1. The normalized spacial score (nSPS) is 10.3. The number of benzene rings is 1. The summed E-state index contributed by atoms with van der Waals surface area (Å²) in [6, 6.07) is 9.68. The number of thioether (sulfide) groups is 1. The molecule has 0 spiro atoms. The van der Waals surface area contributed by atoms with Gasteiger partial charge in [0.25, 0.3) is 0 Å². The second-order valence-corrected chi connectivity index (χ2v) is 4.91. The van der Waals surface area contributed by atoms with E-state index in [1.165, 1.54) is 0 Å². The predicted molar refractivity (Wildman–Crippen MR) is 77.1 cm³/mol. The summed E-state index contributed by atoms with van der Waals surface area (Å²) in [5.74, 6) is 8.26. The lowest BCUT2D eigenvalue weighted by atomic mass is 10.3. The van der Waals surface area contributed by atoms with Crippen molar-refractivity contribution in [3.8, 4) is 5.75 Å². The Morgan fingerprint density at radius 1 is 1.32 bits per heavy atom. The first-order valence-corrected chi connectivity index (χ1v) is 6.78. The minimum absolute atomic E-state index is 0.628. The molecule has 1 aromatic carbocycles. The lowest BCUT2D eigenvalue weighted by Crippen LogP contribution is -2.10. The Morgan fingerprint density at radius 2 is 2.11 bits per heavy atom. The minimum atomic E-state index is 0.628. The fraction of sp³-hybridized carbons (Fsp3) is 0.231. The zero-order chi connectivity index (χ0) is 13.7. The van der Waals surface area contributed by atoms with Crippen molar-refractivity contribution in [1.82, 2.24) is 9.97 Å². The van der Waals surface area contributed by atoms with Crippen molar-refractivity contribution in [2.75, 3.05) is 12.5 Å². The Kier molecular flexibility index (Phi) is 4.59. The van der Waals surface area contributed by atoms with Crippen LogP contribution in [-0.2, 0) is 5.75 Å². The van der Waals surface area contributed by atoms with Crippen molar-refractivity contribution in [3.05, 3.63) is 41.9 Å². The molecule has 2 aromatic rings. The predicted octanol–water partition coefficient (Wildman–Crippen LogP) is 2.37. The van der Waals surface area contributed by atoms with Gasteiger partial charge in [-0.1, -0.05) is 12.1 Å². The fourth-order valence-electron chi connectivity index (χ4n) is 1.65. The highest BCUT2D eigenvalue weighted by Crippen LogP contribution is 2.30. The average Bonchev–Trinajstić information content (AvgIpc) is 2.44. The van der Waals surface area contributed by atoms with Crippen LogP contribution in [0.3, 0.4) is 0 Å². The van der Waals surface area contributed by atoms with Crippen LogP contribution in [0.15, 0.2) is 35.2 Å². The molecule has 2 rings (SSSR count). The highest BCUT2D eigenvalue weighted by Gasteiger charge is 2.06. The Bertz CT molecular complexity index is 562. The molecule has 3 N–H and O–H groups in total. The number of nitrogen functional groups attached to an aromatic ring is 1. The van der Waals surface area contributed by atoms with Crippen LogP contribution in [0.4, 0.5) is 5.82 Å². The van der Waals surface area contributed by atoms with Gasteiger partial charge in [0, 0.05) is 16.7 Å². The molecule has 0 atom stereocenters. The quantitative estimate of drug-likeness (QED) is 0.496. The standard InChI is InChI=1S/C13H16N4OS/c1-9-7-12(17-14)16-13(15-9)8-19-11-6-4-3-5-10(11)18-2/h3-7H,8,14H2,1-2H3,(H,15,16,17). The molecule has 0 aliphatic heterocycles. The fourth-order valence-corrected chi connectivity index (χ4v) is 2.53. The van der Waals surface area contributed by atoms with E-state index in [0.717, 1.165) is 22.2 Å². The number of ether oxygens (including phenoxy) is 1. The van der Waals surface area contributed by atoms with E-state index in [2.05, 4.69) is 15.4 Å². The van der Waals surface area contributed by atoms with Gasteiger partial charge < -0.3 is 10.2 Å². The number of aryl methyl sites for hydroxylation is 1. The summed E-state index contributed by atoms with van der Waals surface area (Å²) >= 11 is 1.63. The number of para-hydroxylation sites is 1. The van der Waals surface area contributed by atoms with Gasteiger partial charge in [0.15, 0.2) is 0 Å².